The van der Waals surface area contributed by atoms with Crippen molar-refractivity contribution in [2.45, 2.75) is 0 Å². The summed E-state index contributed by atoms with van der Waals surface area (Å²) in [5.41, 5.74) is 0.167. The van der Waals surface area contributed by atoms with Crippen LogP contribution in [0.25, 0.3) is 11.3 Å². The maximum Gasteiger partial charge on any atom is 0.339 e. The number of pyridine rings is 1. The number of benzene rings is 1. The molecule has 0 aliphatic carbocycles. The standard InChI is InChI=1S/C18H15FN6O4/c19-12-3-1-2-11(8-12)16-14(17(26)27)10-23-18(24-16)21-7-6-20-15-5-4-13(9-22-15)25(28)29/h1-5,8-10H,6-7H2,(H,20,22)(H,26,27)(H,21,23,24). The number of carboxylic acids is 1. The molecule has 0 saturated heterocycles. The van der Waals surface area contributed by atoms with Gasteiger partial charge in [-0.1, -0.05) is 12.1 Å². The quantitative estimate of drug-likeness (QED) is 0.296. The normalized spacial score (nSPS) is 10.4. The SMILES string of the molecule is O=C(O)c1cnc(NCCNc2ccc([N+](=O)[O-])cn2)nc1-c1cccc(F)c1. The molecule has 0 aliphatic rings. The second-order valence-electron chi connectivity index (χ2n) is 5.78. The van der Waals surface area contributed by atoms with Gasteiger partial charge in [0.25, 0.3) is 5.69 Å². The summed E-state index contributed by atoms with van der Waals surface area (Å²) < 4.78 is 13.5. The first-order valence-electron chi connectivity index (χ1n) is 8.38. The van der Waals surface area contributed by atoms with E-state index in [1.807, 2.05) is 0 Å². The summed E-state index contributed by atoms with van der Waals surface area (Å²) in [4.78, 5) is 33.6. The van der Waals surface area contributed by atoms with E-state index in [-0.39, 0.29) is 22.9 Å². The number of aromatic nitrogens is 3. The van der Waals surface area contributed by atoms with E-state index in [2.05, 4.69) is 25.6 Å². The molecule has 29 heavy (non-hydrogen) atoms. The van der Waals surface area contributed by atoms with Gasteiger partial charge >= 0.3 is 5.97 Å². The first-order valence-corrected chi connectivity index (χ1v) is 8.38. The number of nitrogens with zero attached hydrogens (tertiary/aromatic N) is 4. The van der Waals surface area contributed by atoms with Gasteiger partial charge < -0.3 is 15.7 Å². The van der Waals surface area contributed by atoms with Crippen LogP contribution in [-0.2, 0) is 0 Å². The summed E-state index contributed by atoms with van der Waals surface area (Å²) in [6.45, 7) is 0.748. The lowest BCUT2D eigenvalue weighted by atomic mass is 10.1. The van der Waals surface area contributed by atoms with Crippen molar-refractivity contribution in [2.24, 2.45) is 0 Å². The van der Waals surface area contributed by atoms with E-state index in [9.17, 15) is 24.4 Å². The Balaban J connectivity index is 1.66. The molecule has 11 heteroatoms. The van der Waals surface area contributed by atoms with Crippen molar-refractivity contribution < 1.29 is 19.2 Å². The topological polar surface area (TPSA) is 143 Å². The number of halogens is 1. The number of hydrogen-bond acceptors (Lipinski definition) is 8. The highest BCUT2D eigenvalue weighted by Crippen LogP contribution is 2.23. The molecule has 0 amide bonds. The molecule has 0 aliphatic heterocycles. The monoisotopic (exact) mass is 398 g/mol. The van der Waals surface area contributed by atoms with Crippen LogP contribution in [0.2, 0.25) is 0 Å². The fraction of sp³-hybridized carbons (Fsp3) is 0.111. The molecule has 3 N–H and O–H groups in total. The van der Waals surface area contributed by atoms with Crippen LogP contribution >= 0.6 is 0 Å². The van der Waals surface area contributed by atoms with Crippen LogP contribution in [0.15, 0.2) is 48.8 Å². The van der Waals surface area contributed by atoms with Crippen LogP contribution in [0.1, 0.15) is 10.4 Å². The minimum atomic E-state index is -1.22. The Morgan fingerprint density at radius 3 is 2.59 bits per heavy atom. The molecule has 0 atom stereocenters. The molecule has 0 spiro atoms. The highest BCUT2D eigenvalue weighted by Gasteiger charge is 2.16. The summed E-state index contributed by atoms with van der Waals surface area (Å²) >= 11 is 0. The van der Waals surface area contributed by atoms with E-state index in [1.54, 1.807) is 6.07 Å². The highest BCUT2D eigenvalue weighted by molar-refractivity contribution is 5.94. The number of aromatic carboxylic acids is 1. The number of carboxylic acid groups (broad SMARTS) is 1. The smallest absolute Gasteiger partial charge is 0.339 e. The Morgan fingerprint density at radius 2 is 1.93 bits per heavy atom. The fourth-order valence-corrected chi connectivity index (χ4v) is 2.44. The molecule has 3 rings (SSSR count). The Morgan fingerprint density at radius 1 is 1.14 bits per heavy atom. The predicted molar refractivity (Wildman–Crippen MR) is 102 cm³/mol. The zero-order valence-electron chi connectivity index (χ0n) is 14.9. The molecule has 0 unspecified atom stereocenters. The van der Waals surface area contributed by atoms with Gasteiger partial charge in [-0.3, -0.25) is 10.1 Å². The zero-order chi connectivity index (χ0) is 20.8. The molecule has 148 valence electrons. The summed E-state index contributed by atoms with van der Waals surface area (Å²) in [6, 6.07) is 8.29. The lowest BCUT2D eigenvalue weighted by Crippen LogP contribution is -2.16. The lowest BCUT2D eigenvalue weighted by Gasteiger charge is -2.10. The van der Waals surface area contributed by atoms with Gasteiger partial charge in [-0.2, -0.15) is 0 Å². The first kappa shape index (κ1) is 19.6. The van der Waals surface area contributed by atoms with Crippen molar-refractivity contribution in [3.05, 3.63) is 70.3 Å². The average Bonchev–Trinajstić information content (AvgIpc) is 2.71. The van der Waals surface area contributed by atoms with Crippen molar-refractivity contribution >= 4 is 23.4 Å². The van der Waals surface area contributed by atoms with Gasteiger partial charge in [0.15, 0.2) is 0 Å². The van der Waals surface area contributed by atoms with Crippen molar-refractivity contribution in [1.29, 1.82) is 0 Å². The third-order valence-corrected chi connectivity index (χ3v) is 3.79. The van der Waals surface area contributed by atoms with E-state index in [0.29, 0.717) is 24.5 Å². The van der Waals surface area contributed by atoms with E-state index >= 15 is 0 Å². The number of nitrogens with one attached hydrogen (secondary N) is 2. The Labute approximate surface area is 163 Å². The second-order valence-corrected chi connectivity index (χ2v) is 5.78. The van der Waals surface area contributed by atoms with Crippen LogP contribution in [0, 0.1) is 15.9 Å². The van der Waals surface area contributed by atoms with Gasteiger partial charge in [0.05, 0.1) is 10.6 Å². The summed E-state index contributed by atoms with van der Waals surface area (Å²) in [7, 11) is 0. The van der Waals surface area contributed by atoms with Crippen LogP contribution in [-0.4, -0.2) is 44.0 Å². The van der Waals surface area contributed by atoms with Gasteiger partial charge in [-0.15, -0.1) is 0 Å². The summed E-state index contributed by atoms with van der Waals surface area (Å²) in [5.74, 6) is -1.10. The number of hydrogen-bond donors (Lipinski definition) is 3. The molecule has 2 heterocycles. The van der Waals surface area contributed by atoms with Crippen molar-refractivity contribution in [1.82, 2.24) is 15.0 Å². The van der Waals surface area contributed by atoms with Crippen molar-refractivity contribution in [2.75, 3.05) is 23.7 Å². The molecule has 0 bridgehead atoms. The lowest BCUT2D eigenvalue weighted by molar-refractivity contribution is -0.385. The van der Waals surface area contributed by atoms with Crippen molar-refractivity contribution in [3.63, 3.8) is 0 Å². The van der Waals surface area contributed by atoms with Gasteiger partial charge in [-0.05, 0) is 18.2 Å². The van der Waals surface area contributed by atoms with Crippen LogP contribution in [0.4, 0.5) is 21.8 Å². The molecular weight excluding hydrogens is 383 g/mol. The zero-order valence-corrected chi connectivity index (χ0v) is 14.9. The van der Waals surface area contributed by atoms with Gasteiger partial charge in [0.1, 0.15) is 23.4 Å². The molecule has 2 aromatic heterocycles. The van der Waals surface area contributed by atoms with Crippen LogP contribution < -0.4 is 10.6 Å². The summed E-state index contributed by atoms with van der Waals surface area (Å²) in [6.07, 6.45) is 2.30. The molecule has 3 aromatic rings. The average molecular weight is 398 g/mol. The Bertz CT molecular complexity index is 1040. The number of rotatable bonds is 8. The number of anilines is 2. The minimum Gasteiger partial charge on any atom is -0.478 e. The van der Waals surface area contributed by atoms with Gasteiger partial charge in [0, 0.05) is 30.9 Å². The predicted octanol–water partition coefficient (Wildman–Crippen LogP) is 2.81. The van der Waals surface area contributed by atoms with Crippen LogP contribution in [0.5, 0.6) is 0 Å². The molecule has 0 radical (unpaired) electrons. The molecule has 10 nitrogen and oxygen atoms in total. The maximum absolute atomic E-state index is 13.5. The van der Waals surface area contributed by atoms with Crippen LogP contribution in [0.3, 0.4) is 0 Å². The third-order valence-electron chi connectivity index (χ3n) is 3.79. The number of nitro groups is 1. The largest absolute Gasteiger partial charge is 0.478 e. The Kier molecular flexibility index (Phi) is 5.88. The molecule has 1 aromatic carbocycles. The third kappa shape index (κ3) is 4.97. The van der Waals surface area contributed by atoms with E-state index in [1.165, 1.54) is 30.3 Å². The summed E-state index contributed by atoms with van der Waals surface area (Å²) in [5, 5.41) is 25.8. The molecule has 0 fully saturated rings. The van der Waals surface area contributed by atoms with Gasteiger partial charge in [0.2, 0.25) is 5.95 Å². The molecular formula is C18H15FN6O4. The minimum absolute atomic E-state index is 0.0968. The second kappa shape index (κ2) is 8.69. The highest BCUT2D eigenvalue weighted by atomic mass is 19.1. The number of carbonyl (C=O) groups is 1. The fourth-order valence-electron chi connectivity index (χ4n) is 2.44. The van der Waals surface area contributed by atoms with E-state index in [4.69, 9.17) is 0 Å². The van der Waals surface area contributed by atoms with E-state index in [0.717, 1.165) is 12.4 Å². The van der Waals surface area contributed by atoms with E-state index < -0.39 is 16.7 Å². The molecule has 0 saturated carbocycles. The van der Waals surface area contributed by atoms with Gasteiger partial charge in [-0.25, -0.2) is 24.1 Å². The first-order chi connectivity index (χ1) is 13.9. The van der Waals surface area contributed by atoms with Crippen molar-refractivity contribution in [3.8, 4) is 11.3 Å². The maximum atomic E-state index is 13.5. The Hall–Kier alpha value is -4.15.